The van der Waals surface area contributed by atoms with Gasteiger partial charge in [-0.25, -0.2) is 9.07 Å². The minimum absolute atomic E-state index is 0.155. The molecule has 0 aliphatic heterocycles. The van der Waals surface area contributed by atoms with Crippen molar-refractivity contribution >= 4 is 5.91 Å². The van der Waals surface area contributed by atoms with Crippen molar-refractivity contribution in [2.45, 2.75) is 26.2 Å². The van der Waals surface area contributed by atoms with Crippen molar-refractivity contribution in [3.8, 4) is 17.5 Å². The maximum absolute atomic E-state index is 13.1. The molecule has 2 aromatic heterocycles. The van der Waals surface area contributed by atoms with E-state index in [-0.39, 0.29) is 11.7 Å². The molecular formula is C24H24FN5O. The number of amides is 1. The Morgan fingerprint density at radius 1 is 1.39 bits per heavy atom. The number of hydrogen-bond acceptors (Lipinski definition) is 3. The summed E-state index contributed by atoms with van der Waals surface area (Å²) in [5.74, 6) is 5.63. The monoisotopic (exact) mass is 417 g/mol. The predicted molar refractivity (Wildman–Crippen MR) is 118 cm³/mol. The molecule has 2 N–H and O–H groups in total. The molecule has 2 heterocycles. The second kappa shape index (κ2) is 11.3. The molecule has 7 heteroatoms. The molecule has 6 nitrogen and oxygen atoms in total. The first kappa shape index (κ1) is 21.8. The minimum Gasteiger partial charge on any atom is -0.352 e. The lowest BCUT2D eigenvalue weighted by Gasteiger charge is -2.09. The van der Waals surface area contributed by atoms with E-state index in [1.165, 1.54) is 12.2 Å². The van der Waals surface area contributed by atoms with Gasteiger partial charge in [-0.3, -0.25) is 9.89 Å². The number of hydrogen-bond donors (Lipinski definition) is 2. The molecule has 0 saturated carbocycles. The third kappa shape index (κ3) is 6.54. The summed E-state index contributed by atoms with van der Waals surface area (Å²) in [5, 5.41) is 13.9. The number of halogens is 1. The van der Waals surface area contributed by atoms with E-state index in [0.717, 1.165) is 24.1 Å². The van der Waals surface area contributed by atoms with Crippen molar-refractivity contribution in [2.24, 2.45) is 0 Å². The lowest BCUT2D eigenvalue weighted by molar-refractivity contribution is 0.0953. The predicted octanol–water partition coefficient (Wildman–Crippen LogP) is 4.13. The second-order valence-electron chi connectivity index (χ2n) is 6.73. The maximum atomic E-state index is 13.1. The molecule has 0 atom stereocenters. The van der Waals surface area contributed by atoms with E-state index in [1.807, 2.05) is 24.5 Å². The molecule has 0 fully saturated rings. The van der Waals surface area contributed by atoms with E-state index >= 15 is 0 Å². The van der Waals surface area contributed by atoms with Crippen LogP contribution in [0, 0.1) is 11.8 Å². The Morgan fingerprint density at radius 2 is 2.29 bits per heavy atom. The van der Waals surface area contributed by atoms with Crippen LogP contribution in [-0.4, -0.2) is 32.4 Å². The van der Waals surface area contributed by atoms with Crippen LogP contribution in [0.5, 0.6) is 0 Å². The summed E-state index contributed by atoms with van der Waals surface area (Å²) in [6.45, 7) is 2.20. The quantitative estimate of drug-likeness (QED) is 0.329. The Bertz CT molecular complexity index is 1100. The number of nitrogens with one attached hydrogen (secondary N) is 2. The number of benzene rings is 1. The van der Waals surface area contributed by atoms with E-state index < -0.39 is 0 Å². The van der Waals surface area contributed by atoms with Crippen molar-refractivity contribution in [1.82, 2.24) is 25.3 Å². The summed E-state index contributed by atoms with van der Waals surface area (Å²) in [4.78, 5) is 12.6. The highest BCUT2D eigenvalue weighted by Crippen LogP contribution is 2.16. The first-order valence-corrected chi connectivity index (χ1v) is 10.0. The summed E-state index contributed by atoms with van der Waals surface area (Å²) in [5.41, 5.74) is 3.09. The number of aryl methyl sites for hydroxylation is 1. The van der Waals surface area contributed by atoms with Gasteiger partial charge in [0.25, 0.3) is 5.91 Å². The average Bonchev–Trinajstić information content (AvgIpc) is 3.50. The zero-order chi connectivity index (χ0) is 21.9. The van der Waals surface area contributed by atoms with Crippen LogP contribution in [0.15, 0.2) is 73.1 Å². The number of H-pyrrole nitrogens is 1. The first-order valence-electron chi connectivity index (χ1n) is 10.0. The molecular weight excluding hydrogens is 393 g/mol. The summed E-state index contributed by atoms with van der Waals surface area (Å²) < 4.78 is 14.8. The zero-order valence-corrected chi connectivity index (χ0v) is 17.3. The number of carbonyl (C=O) groups excluding carboxylic acids is 1. The van der Waals surface area contributed by atoms with Gasteiger partial charge in [-0.05, 0) is 55.7 Å². The molecule has 0 radical (unpaired) electrons. The molecule has 1 amide bonds. The van der Waals surface area contributed by atoms with Crippen molar-refractivity contribution in [3.63, 3.8) is 0 Å². The molecule has 0 unspecified atom stereocenters. The smallest absolute Gasteiger partial charge is 0.251 e. The van der Waals surface area contributed by atoms with Crippen LogP contribution in [0.2, 0.25) is 0 Å². The van der Waals surface area contributed by atoms with Gasteiger partial charge < -0.3 is 5.32 Å². The lowest BCUT2D eigenvalue weighted by atomic mass is 10.1. The van der Waals surface area contributed by atoms with Gasteiger partial charge in [0.2, 0.25) is 0 Å². The molecule has 31 heavy (non-hydrogen) atoms. The van der Waals surface area contributed by atoms with Crippen molar-refractivity contribution in [2.75, 3.05) is 6.54 Å². The fourth-order valence-corrected chi connectivity index (χ4v) is 2.87. The second-order valence-corrected chi connectivity index (χ2v) is 6.73. The summed E-state index contributed by atoms with van der Waals surface area (Å²) in [6.07, 6.45) is 13.6. The molecule has 0 spiro atoms. The summed E-state index contributed by atoms with van der Waals surface area (Å²) >= 11 is 0. The van der Waals surface area contributed by atoms with E-state index in [9.17, 15) is 9.18 Å². The van der Waals surface area contributed by atoms with Crippen LogP contribution in [0.3, 0.4) is 0 Å². The average molecular weight is 417 g/mol. The number of aromatic nitrogens is 4. The van der Waals surface area contributed by atoms with Crippen LogP contribution in [0.4, 0.5) is 4.39 Å². The van der Waals surface area contributed by atoms with E-state index in [1.54, 1.807) is 42.2 Å². The highest BCUT2D eigenvalue weighted by molar-refractivity contribution is 5.95. The van der Waals surface area contributed by atoms with Crippen molar-refractivity contribution in [3.05, 3.63) is 89.8 Å². The van der Waals surface area contributed by atoms with Crippen molar-refractivity contribution in [1.29, 1.82) is 0 Å². The molecule has 3 aromatic rings. The van der Waals surface area contributed by atoms with Gasteiger partial charge in [0.1, 0.15) is 5.83 Å². The standard InChI is InChI=1S/C24H24FN5O/c1-2-22(25)10-5-3-4-9-20-16-21(11-12-23(20)30-15-7-14-29-30)24(31)26-13-6-8-19-17-27-28-18-19/h2,5,7,10-12,14-18H,3,6,8,13H2,1H3,(H,26,31)(H,27,28)/b10-5-,22-2+. The maximum Gasteiger partial charge on any atom is 0.251 e. The van der Waals surface area contributed by atoms with Crippen molar-refractivity contribution < 1.29 is 9.18 Å². The third-order valence-electron chi connectivity index (χ3n) is 4.49. The van der Waals surface area contributed by atoms with Gasteiger partial charge in [-0.15, -0.1) is 0 Å². The third-order valence-corrected chi connectivity index (χ3v) is 4.49. The largest absolute Gasteiger partial charge is 0.352 e. The van der Waals surface area contributed by atoms with E-state index in [2.05, 4.69) is 32.5 Å². The zero-order valence-electron chi connectivity index (χ0n) is 17.3. The molecule has 0 aliphatic carbocycles. The van der Waals surface area contributed by atoms with Gasteiger partial charge >= 0.3 is 0 Å². The molecule has 0 aliphatic rings. The number of carbonyl (C=O) groups is 1. The molecule has 0 saturated heterocycles. The van der Waals surface area contributed by atoms with Crippen LogP contribution in [-0.2, 0) is 6.42 Å². The van der Waals surface area contributed by atoms with Gasteiger partial charge in [-0.1, -0.05) is 24.0 Å². The summed E-state index contributed by atoms with van der Waals surface area (Å²) in [7, 11) is 0. The van der Waals surface area contributed by atoms with Crippen LogP contribution < -0.4 is 5.32 Å². The fraction of sp³-hybridized carbons (Fsp3) is 0.208. The van der Waals surface area contributed by atoms with Crippen LogP contribution in [0.1, 0.15) is 41.3 Å². The minimum atomic E-state index is -0.300. The van der Waals surface area contributed by atoms with E-state index in [0.29, 0.717) is 24.1 Å². The Kier molecular flexibility index (Phi) is 7.95. The number of rotatable bonds is 8. The Hall–Kier alpha value is -3.92. The topological polar surface area (TPSA) is 75.6 Å². The molecule has 3 rings (SSSR count). The number of nitrogens with zero attached hydrogens (tertiary/aromatic N) is 3. The SMILES string of the molecule is C/C=C(F)\C=C/CC#Cc1cc(C(=O)NCCCc2cn[nH]c2)ccc1-n1cccn1. The highest BCUT2D eigenvalue weighted by atomic mass is 19.1. The summed E-state index contributed by atoms with van der Waals surface area (Å²) in [6, 6.07) is 7.16. The Labute approximate surface area is 180 Å². The molecule has 0 bridgehead atoms. The molecule has 1 aromatic carbocycles. The van der Waals surface area contributed by atoms with Gasteiger partial charge in [0, 0.05) is 37.1 Å². The number of allylic oxidation sites excluding steroid dienone is 4. The molecule has 158 valence electrons. The van der Waals surface area contributed by atoms with E-state index in [4.69, 9.17) is 0 Å². The Balaban J connectivity index is 1.69. The van der Waals surface area contributed by atoms with Gasteiger partial charge in [0.05, 0.1) is 17.4 Å². The number of aromatic amines is 1. The van der Waals surface area contributed by atoms with Crippen LogP contribution >= 0.6 is 0 Å². The lowest BCUT2D eigenvalue weighted by Crippen LogP contribution is -2.25. The highest BCUT2D eigenvalue weighted by Gasteiger charge is 2.10. The van der Waals surface area contributed by atoms with Crippen LogP contribution in [0.25, 0.3) is 5.69 Å². The van der Waals surface area contributed by atoms with Gasteiger partial charge in [0.15, 0.2) is 0 Å². The fourth-order valence-electron chi connectivity index (χ4n) is 2.87. The van der Waals surface area contributed by atoms with Gasteiger partial charge in [-0.2, -0.15) is 10.2 Å². The Morgan fingerprint density at radius 3 is 3.03 bits per heavy atom. The first-order chi connectivity index (χ1) is 15.2. The normalized spacial score (nSPS) is 11.4.